The summed E-state index contributed by atoms with van der Waals surface area (Å²) in [5.41, 5.74) is 6.31. The molecule has 3 aromatic carbocycles. The van der Waals surface area contributed by atoms with Crippen LogP contribution >= 0.6 is 0 Å². The summed E-state index contributed by atoms with van der Waals surface area (Å²) < 4.78 is 0. The van der Waals surface area contributed by atoms with E-state index in [1.807, 2.05) is 0 Å². The molecule has 0 heterocycles. The van der Waals surface area contributed by atoms with Gasteiger partial charge in [-0.3, -0.25) is 0 Å². The Balaban J connectivity index is 2.15. The van der Waals surface area contributed by atoms with E-state index in [2.05, 4.69) is 146 Å². The normalized spacial score (nSPS) is 16.6. The van der Waals surface area contributed by atoms with Gasteiger partial charge in [0, 0.05) is 5.54 Å². The molecule has 0 amide bonds. The zero-order chi connectivity index (χ0) is 26.7. The molecule has 0 aromatic heterocycles. The lowest BCUT2D eigenvalue weighted by molar-refractivity contribution is 0.643. The quantitative estimate of drug-likeness (QED) is 0.202. The van der Waals surface area contributed by atoms with E-state index in [0.29, 0.717) is 29.2 Å². The van der Waals surface area contributed by atoms with Crippen LogP contribution in [-0.4, -0.2) is 8.07 Å². The zero-order valence-corrected chi connectivity index (χ0v) is 25.3. The van der Waals surface area contributed by atoms with E-state index in [1.54, 1.807) is 5.57 Å². The summed E-state index contributed by atoms with van der Waals surface area (Å²) in [4.78, 5) is 0. The molecule has 0 spiro atoms. The second-order valence-corrected chi connectivity index (χ2v) is 16.0. The molecule has 0 aliphatic heterocycles. The number of hydrogen-bond acceptors (Lipinski definition) is 0. The van der Waals surface area contributed by atoms with Crippen LogP contribution in [0.15, 0.2) is 96.6 Å². The highest BCUT2D eigenvalue weighted by molar-refractivity contribution is 7.13. The number of hydrogen-bond donors (Lipinski definition) is 0. The molecule has 0 bridgehead atoms. The van der Waals surface area contributed by atoms with E-state index in [9.17, 15) is 0 Å². The van der Waals surface area contributed by atoms with Crippen molar-refractivity contribution in [3.8, 4) is 0 Å². The average molecular weight is 507 g/mol. The Bertz CT molecular complexity index is 1150. The van der Waals surface area contributed by atoms with E-state index in [0.717, 1.165) is 0 Å². The largest absolute Gasteiger partial charge is 0.159 e. The van der Waals surface area contributed by atoms with Gasteiger partial charge in [0.15, 0.2) is 8.07 Å². The number of allylic oxidation sites excluding steroid dienone is 4. The molecule has 0 nitrogen and oxygen atoms in total. The SMILES string of the molecule is CCC(C)C1=CC=CC1[Si](c1cccc(C(C)C)c1)(c1cccc(C(C)C)c1)c1cccc(C(C)C)c1. The van der Waals surface area contributed by atoms with Gasteiger partial charge in [-0.15, -0.1) is 0 Å². The summed E-state index contributed by atoms with van der Waals surface area (Å²) in [6.07, 6.45) is 8.49. The summed E-state index contributed by atoms with van der Waals surface area (Å²) in [5.74, 6) is 2.06. The van der Waals surface area contributed by atoms with Crippen LogP contribution < -0.4 is 15.6 Å². The first-order valence-electron chi connectivity index (χ1n) is 14.4. The van der Waals surface area contributed by atoms with Gasteiger partial charge >= 0.3 is 0 Å². The smallest absolute Gasteiger partial charge is 0.0790 e. The highest BCUT2D eigenvalue weighted by Crippen LogP contribution is 2.40. The van der Waals surface area contributed by atoms with E-state index in [-0.39, 0.29) is 0 Å². The standard InChI is InChI=1S/C36H46Si/c1-9-28(8)35-20-13-21-36(35)37(32-17-10-14-29(22-32)25(2)3,33-18-11-15-30(23-33)26(4)5)34-19-12-16-31(24-34)27(6)7/h10-28,36H,9H2,1-8H3. The Hall–Kier alpha value is -2.64. The summed E-state index contributed by atoms with van der Waals surface area (Å²) in [5, 5.41) is 4.60. The van der Waals surface area contributed by atoms with Crippen LogP contribution in [0.2, 0.25) is 5.54 Å². The fraction of sp³-hybridized carbons (Fsp3) is 0.389. The van der Waals surface area contributed by atoms with Gasteiger partial charge in [0.25, 0.3) is 0 Å². The monoisotopic (exact) mass is 506 g/mol. The molecule has 0 fully saturated rings. The molecule has 37 heavy (non-hydrogen) atoms. The Labute approximate surface area is 227 Å². The first kappa shape index (κ1) is 27.4. The van der Waals surface area contributed by atoms with Crippen molar-refractivity contribution in [1.82, 2.24) is 0 Å². The summed E-state index contributed by atoms with van der Waals surface area (Å²) in [7, 11) is -2.52. The minimum absolute atomic E-state index is 0.398. The molecule has 3 aromatic rings. The average Bonchev–Trinajstić information content (AvgIpc) is 3.39. The third kappa shape index (κ3) is 5.21. The first-order chi connectivity index (χ1) is 17.7. The van der Waals surface area contributed by atoms with Crippen LogP contribution in [0.4, 0.5) is 0 Å². The van der Waals surface area contributed by atoms with Gasteiger partial charge in [0.05, 0.1) is 0 Å². The fourth-order valence-electron chi connectivity index (χ4n) is 6.06. The predicted octanol–water partition coefficient (Wildman–Crippen LogP) is 8.44. The number of benzene rings is 3. The maximum Gasteiger partial charge on any atom is 0.159 e. The first-order valence-corrected chi connectivity index (χ1v) is 16.5. The highest BCUT2D eigenvalue weighted by Gasteiger charge is 2.48. The molecule has 1 heteroatoms. The predicted molar refractivity (Wildman–Crippen MR) is 167 cm³/mol. The fourth-order valence-corrected chi connectivity index (χ4v) is 11.7. The van der Waals surface area contributed by atoms with Gasteiger partial charge in [-0.05, 0) is 62.3 Å². The van der Waals surface area contributed by atoms with Gasteiger partial charge in [0.2, 0.25) is 0 Å². The minimum Gasteiger partial charge on any atom is -0.0790 e. The molecule has 0 radical (unpaired) electrons. The lowest BCUT2D eigenvalue weighted by atomic mass is 9.97. The van der Waals surface area contributed by atoms with Crippen molar-refractivity contribution in [1.29, 1.82) is 0 Å². The molecule has 0 saturated carbocycles. The molecule has 0 saturated heterocycles. The van der Waals surface area contributed by atoms with Crippen LogP contribution in [0.25, 0.3) is 0 Å². The number of rotatable bonds is 9. The van der Waals surface area contributed by atoms with Crippen molar-refractivity contribution in [2.24, 2.45) is 5.92 Å². The van der Waals surface area contributed by atoms with Crippen molar-refractivity contribution in [2.75, 3.05) is 0 Å². The lowest BCUT2D eigenvalue weighted by Crippen LogP contribution is -2.70. The van der Waals surface area contributed by atoms with Crippen LogP contribution in [0.1, 0.15) is 96.3 Å². The Morgan fingerprint density at radius 3 is 1.38 bits per heavy atom. The van der Waals surface area contributed by atoms with E-state index in [4.69, 9.17) is 0 Å². The Kier molecular flexibility index (Phi) is 8.44. The van der Waals surface area contributed by atoms with E-state index < -0.39 is 8.07 Å². The highest BCUT2D eigenvalue weighted by atomic mass is 28.3. The van der Waals surface area contributed by atoms with E-state index >= 15 is 0 Å². The van der Waals surface area contributed by atoms with Crippen LogP contribution in [-0.2, 0) is 0 Å². The summed E-state index contributed by atoms with van der Waals surface area (Å²) in [6, 6.07) is 28.9. The van der Waals surface area contributed by atoms with Crippen molar-refractivity contribution in [2.45, 2.75) is 85.1 Å². The van der Waals surface area contributed by atoms with Gasteiger partial charge in [0.1, 0.15) is 0 Å². The Morgan fingerprint density at radius 2 is 1.03 bits per heavy atom. The van der Waals surface area contributed by atoms with Gasteiger partial charge in [-0.1, -0.05) is 152 Å². The third-order valence-corrected chi connectivity index (χ3v) is 13.7. The molecule has 4 rings (SSSR count). The Morgan fingerprint density at radius 1 is 0.622 bits per heavy atom. The van der Waals surface area contributed by atoms with Crippen molar-refractivity contribution in [3.05, 3.63) is 113 Å². The van der Waals surface area contributed by atoms with Crippen molar-refractivity contribution in [3.63, 3.8) is 0 Å². The maximum atomic E-state index is 2.56. The molecule has 2 unspecified atom stereocenters. The minimum atomic E-state index is -2.52. The molecule has 1 aliphatic carbocycles. The topological polar surface area (TPSA) is 0 Å². The summed E-state index contributed by atoms with van der Waals surface area (Å²) >= 11 is 0. The molecular weight excluding hydrogens is 460 g/mol. The molecular formula is C36H46Si. The molecule has 194 valence electrons. The second kappa shape index (κ2) is 11.4. The van der Waals surface area contributed by atoms with Crippen LogP contribution in [0.5, 0.6) is 0 Å². The van der Waals surface area contributed by atoms with E-state index in [1.165, 1.54) is 38.7 Å². The van der Waals surface area contributed by atoms with Crippen LogP contribution in [0.3, 0.4) is 0 Å². The van der Waals surface area contributed by atoms with Crippen molar-refractivity contribution >= 4 is 23.6 Å². The van der Waals surface area contributed by atoms with Gasteiger partial charge in [-0.25, -0.2) is 0 Å². The van der Waals surface area contributed by atoms with Crippen molar-refractivity contribution < 1.29 is 0 Å². The van der Waals surface area contributed by atoms with Gasteiger partial charge < -0.3 is 0 Å². The maximum absolute atomic E-state index is 2.56. The lowest BCUT2D eigenvalue weighted by Gasteiger charge is -2.41. The molecule has 1 aliphatic rings. The third-order valence-electron chi connectivity index (χ3n) is 8.63. The summed E-state index contributed by atoms with van der Waals surface area (Å²) in [6.45, 7) is 18.7. The zero-order valence-electron chi connectivity index (χ0n) is 24.3. The van der Waals surface area contributed by atoms with Gasteiger partial charge in [-0.2, -0.15) is 0 Å². The molecule has 2 atom stereocenters. The second-order valence-electron chi connectivity index (χ2n) is 12.0. The van der Waals surface area contributed by atoms with Crippen LogP contribution in [0, 0.1) is 5.92 Å². The molecule has 0 N–H and O–H groups in total.